The number of hydrogen-bond donors (Lipinski definition) is 2. The predicted octanol–water partition coefficient (Wildman–Crippen LogP) is 6.13. The summed E-state index contributed by atoms with van der Waals surface area (Å²) in [6.07, 6.45) is 1.96. The van der Waals surface area contributed by atoms with E-state index in [-0.39, 0.29) is 0 Å². The van der Waals surface area contributed by atoms with E-state index in [1.54, 1.807) is 0 Å². The lowest BCUT2D eigenvalue weighted by molar-refractivity contribution is 1.05. The first-order valence-electron chi connectivity index (χ1n) is 12.4. The Labute approximate surface area is 218 Å². The van der Waals surface area contributed by atoms with Gasteiger partial charge in [-0.2, -0.15) is 5.10 Å². The molecule has 3 aromatic carbocycles. The molecule has 0 saturated heterocycles. The average molecular weight is 494 g/mol. The van der Waals surface area contributed by atoms with Gasteiger partial charge < -0.3 is 5.73 Å². The molecular weight excluding hydrogens is 470 g/mol. The molecule has 7 nitrogen and oxygen atoms in total. The Balaban J connectivity index is 1.40. The highest BCUT2D eigenvalue weighted by atomic mass is 15.3. The van der Waals surface area contributed by atoms with Crippen molar-refractivity contribution in [3.63, 3.8) is 0 Å². The molecule has 0 aliphatic heterocycles. The van der Waals surface area contributed by atoms with Crippen LogP contribution in [0, 0.1) is 0 Å². The summed E-state index contributed by atoms with van der Waals surface area (Å²) in [5.74, 6) is 0.694. The Bertz CT molecular complexity index is 1890. The molecule has 3 N–H and O–H groups in total. The van der Waals surface area contributed by atoms with E-state index in [0.717, 1.165) is 61.4 Å². The van der Waals surface area contributed by atoms with E-state index >= 15 is 0 Å². The van der Waals surface area contributed by atoms with Gasteiger partial charge in [0.2, 0.25) is 0 Å². The summed E-state index contributed by atoms with van der Waals surface area (Å²) in [7, 11) is 0. The fourth-order valence-electron chi connectivity index (χ4n) is 4.83. The van der Waals surface area contributed by atoms with Gasteiger partial charge in [-0.15, -0.1) is 10.2 Å². The van der Waals surface area contributed by atoms with E-state index in [1.807, 2.05) is 71.3 Å². The number of nitrogens with two attached hydrogens (primary N) is 1. The fraction of sp³-hybridized carbons (Fsp3) is 0.0323. The lowest BCUT2D eigenvalue weighted by Gasteiger charge is -2.12. The summed E-state index contributed by atoms with van der Waals surface area (Å²) >= 11 is 0. The van der Waals surface area contributed by atoms with Crippen LogP contribution in [0.5, 0.6) is 0 Å². The van der Waals surface area contributed by atoms with Crippen LogP contribution in [0.2, 0.25) is 0 Å². The third kappa shape index (κ3) is 3.73. The number of hydrogen-bond acceptors (Lipinski definition) is 5. The number of fused-ring (bicyclic) bond motifs is 3. The molecule has 0 spiro atoms. The molecule has 0 unspecified atom stereocenters. The molecule has 0 saturated carbocycles. The molecule has 7 heteroatoms. The monoisotopic (exact) mass is 493 g/mol. The van der Waals surface area contributed by atoms with Crippen LogP contribution in [-0.4, -0.2) is 29.8 Å². The van der Waals surface area contributed by atoms with Crippen molar-refractivity contribution in [1.82, 2.24) is 29.8 Å². The van der Waals surface area contributed by atoms with Crippen LogP contribution >= 0.6 is 0 Å². The second-order valence-corrected chi connectivity index (χ2v) is 9.15. The van der Waals surface area contributed by atoms with Gasteiger partial charge in [-0.25, -0.2) is 4.98 Å². The van der Waals surface area contributed by atoms with Crippen LogP contribution in [0.3, 0.4) is 0 Å². The zero-order valence-corrected chi connectivity index (χ0v) is 20.4. The molecule has 7 aromatic rings. The average Bonchev–Trinajstić information content (AvgIpc) is 3.65. The third-order valence-corrected chi connectivity index (χ3v) is 6.81. The highest BCUT2D eigenvalue weighted by molar-refractivity contribution is 5.98. The van der Waals surface area contributed by atoms with Crippen LogP contribution in [-0.2, 0) is 6.54 Å². The van der Waals surface area contributed by atoms with Gasteiger partial charge in [-0.05, 0) is 29.3 Å². The minimum absolute atomic E-state index is 0.507. The number of rotatable bonds is 5. The van der Waals surface area contributed by atoms with Gasteiger partial charge in [0.25, 0.3) is 0 Å². The van der Waals surface area contributed by atoms with Crippen molar-refractivity contribution in [2.24, 2.45) is 5.73 Å². The quantitative estimate of drug-likeness (QED) is 0.301. The van der Waals surface area contributed by atoms with Crippen molar-refractivity contribution in [3.8, 4) is 45.2 Å². The lowest BCUT2D eigenvalue weighted by Crippen LogP contribution is -1.97. The van der Waals surface area contributed by atoms with Gasteiger partial charge in [0.1, 0.15) is 5.69 Å². The molecule has 182 valence electrons. The van der Waals surface area contributed by atoms with Gasteiger partial charge in [0.15, 0.2) is 11.5 Å². The summed E-state index contributed by atoms with van der Waals surface area (Å²) in [5.41, 5.74) is 15.3. The zero-order chi connectivity index (χ0) is 25.5. The van der Waals surface area contributed by atoms with E-state index < -0.39 is 0 Å². The number of nitrogens with one attached hydrogen (secondary N) is 1. The van der Waals surface area contributed by atoms with Crippen molar-refractivity contribution in [2.75, 3.05) is 0 Å². The SMILES string of the molecule is NCc1ccc(-c2nc3ccn4c(-c5cc(-c6ccccc6)n[nH]5)nnc4c3cc2-c2ccccc2)cc1. The van der Waals surface area contributed by atoms with Crippen LogP contribution < -0.4 is 5.73 Å². The summed E-state index contributed by atoms with van der Waals surface area (Å²) in [6, 6.07) is 34.8. The van der Waals surface area contributed by atoms with E-state index in [1.165, 1.54) is 0 Å². The summed E-state index contributed by atoms with van der Waals surface area (Å²) in [6.45, 7) is 0.507. The van der Waals surface area contributed by atoms with Gasteiger partial charge in [-0.3, -0.25) is 9.50 Å². The molecule has 0 bridgehead atoms. The van der Waals surface area contributed by atoms with E-state index in [4.69, 9.17) is 10.7 Å². The van der Waals surface area contributed by atoms with Crippen molar-refractivity contribution in [3.05, 3.63) is 115 Å². The molecular formula is C31H23N7. The lowest BCUT2D eigenvalue weighted by atomic mass is 9.97. The van der Waals surface area contributed by atoms with Crippen LogP contribution in [0.15, 0.2) is 109 Å². The van der Waals surface area contributed by atoms with E-state index in [0.29, 0.717) is 12.4 Å². The van der Waals surface area contributed by atoms with Crippen LogP contribution in [0.4, 0.5) is 0 Å². The normalized spacial score (nSPS) is 11.4. The molecule has 38 heavy (non-hydrogen) atoms. The zero-order valence-electron chi connectivity index (χ0n) is 20.4. The smallest absolute Gasteiger partial charge is 0.186 e. The topological polar surface area (TPSA) is 97.8 Å². The van der Waals surface area contributed by atoms with Gasteiger partial charge in [-0.1, -0.05) is 84.9 Å². The Morgan fingerprint density at radius 3 is 2.21 bits per heavy atom. The Hall–Kier alpha value is -5.14. The molecule has 4 heterocycles. The minimum Gasteiger partial charge on any atom is -0.326 e. The number of aromatic nitrogens is 6. The third-order valence-electron chi connectivity index (χ3n) is 6.81. The highest BCUT2D eigenvalue weighted by Crippen LogP contribution is 2.35. The standard InChI is InChI=1S/C31H23N7/c32-19-20-11-13-23(14-12-20)29-24(21-7-3-1-4-8-21)17-25-26(33-29)15-16-38-30(25)36-37-31(38)28-18-27(34-35-28)22-9-5-2-6-10-22/h1-18H,19,32H2,(H,34,35). The highest BCUT2D eigenvalue weighted by Gasteiger charge is 2.17. The molecule has 7 rings (SSSR count). The first-order chi connectivity index (χ1) is 18.8. The summed E-state index contributed by atoms with van der Waals surface area (Å²) in [4.78, 5) is 5.12. The maximum absolute atomic E-state index is 5.82. The number of nitrogens with zero attached hydrogens (tertiary/aromatic N) is 5. The number of benzene rings is 3. The number of pyridine rings is 2. The van der Waals surface area contributed by atoms with Gasteiger partial charge >= 0.3 is 0 Å². The Morgan fingerprint density at radius 1 is 0.737 bits per heavy atom. The summed E-state index contributed by atoms with van der Waals surface area (Å²) < 4.78 is 1.98. The summed E-state index contributed by atoms with van der Waals surface area (Å²) in [5, 5.41) is 17.7. The van der Waals surface area contributed by atoms with Crippen molar-refractivity contribution < 1.29 is 0 Å². The molecule has 0 radical (unpaired) electrons. The van der Waals surface area contributed by atoms with E-state index in [9.17, 15) is 0 Å². The molecule has 0 aliphatic rings. The fourth-order valence-corrected chi connectivity index (χ4v) is 4.83. The largest absolute Gasteiger partial charge is 0.326 e. The molecule has 0 atom stereocenters. The predicted molar refractivity (Wildman–Crippen MR) is 150 cm³/mol. The number of aromatic amines is 1. The first-order valence-corrected chi connectivity index (χ1v) is 12.4. The molecule has 4 aromatic heterocycles. The van der Waals surface area contributed by atoms with Gasteiger partial charge in [0.05, 0.1) is 16.9 Å². The second-order valence-electron chi connectivity index (χ2n) is 9.15. The second kappa shape index (κ2) is 9.06. The molecule has 0 aliphatic carbocycles. The van der Waals surface area contributed by atoms with Gasteiger partial charge in [0, 0.05) is 34.8 Å². The Morgan fingerprint density at radius 2 is 1.47 bits per heavy atom. The van der Waals surface area contributed by atoms with E-state index in [2.05, 4.69) is 62.9 Å². The Kier molecular flexibility index (Phi) is 5.27. The van der Waals surface area contributed by atoms with Crippen LogP contribution in [0.25, 0.3) is 61.7 Å². The first kappa shape index (κ1) is 22.1. The van der Waals surface area contributed by atoms with Crippen molar-refractivity contribution >= 4 is 16.6 Å². The molecule has 0 amide bonds. The molecule has 0 fully saturated rings. The van der Waals surface area contributed by atoms with Crippen molar-refractivity contribution in [2.45, 2.75) is 6.54 Å². The number of H-pyrrole nitrogens is 1. The minimum atomic E-state index is 0.507. The maximum Gasteiger partial charge on any atom is 0.186 e. The maximum atomic E-state index is 5.82. The van der Waals surface area contributed by atoms with Crippen molar-refractivity contribution in [1.29, 1.82) is 0 Å². The van der Waals surface area contributed by atoms with Crippen LogP contribution in [0.1, 0.15) is 5.56 Å².